The summed E-state index contributed by atoms with van der Waals surface area (Å²) in [6, 6.07) is 0. The lowest BCUT2D eigenvalue weighted by Crippen LogP contribution is -2.25. The van der Waals surface area contributed by atoms with Crippen LogP contribution in [0, 0.1) is 17.8 Å². The zero-order chi connectivity index (χ0) is 11.8. The Morgan fingerprint density at radius 2 is 1.93 bits per heavy atom. The van der Waals surface area contributed by atoms with Crippen LogP contribution in [0.3, 0.4) is 0 Å². The molecule has 0 aliphatic carbocycles. The minimum Gasteiger partial charge on any atom is -0.356 e. The molecule has 0 unspecified atom stereocenters. The number of nitrogens with one attached hydrogen (secondary N) is 1. The summed E-state index contributed by atoms with van der Waals surface area (Å²) in [7, 11) is 0. The van der Waals surface area contributed by atoms with Crippen LogP contribution in [0.4, 0.5) is 0 Å². The first kappa shape index (κ1) is 14.2. The first-order valence-electron chi connectivity index (χ1n) is 5.60. The van der Waals surface area contributed by atoms with E-state index in [9.17, 15) is 4.79 Å². The summed E-state index contributed by atoms with van der Waals surface area (Å²) in [6.45, 7) is 9.36. The van der Waals surface area contributed by atoms with Crippen LogP contribution in [-0.4, -0.2) is 19.0 Å². The zero-order valence-corrected chi connectivity index (χ0v) is 10.3. The highest BCUT2D eigenvalue weighted by Crippen LogP contribution is 2.11. The maximum atomic E-state index is 10.7. The fourth-order valence-corrected chi connectivity index (χ4v) is 1.14. The maximum absolute atomic E-state index is 10.7. The van der Waals surface area contributed by atoms with E-state index in [0.29, 0.717) is 30.8 Å². The van der Waals surface area contributed by atoms with Crippen molar-refractivity contribution in [1.82, 2.24) is 5.32 Å². The molecule has 3 N–H and O–H groups in total. The van der Waals surface area contributed by atoms with Gasteiger partial charge in [-0.05, 0) is 24.3 Å². The van der Waals surface area contributed by atoms with Crippen LogP contribution in [-0.2, 0) is 4.79 Å². The quantitative estimate of drug-likeness (QED) is 0.656. The van der Waals surface area contributed by atoms with E-state index in [-0.39, 0.29) is 5.91 Å². The average molecular weight is 212 g/mol. The van der Waals surface area contributed by atoms with Crippen LogP contribution in [0.1, 0.15) is 27.7 Å². The van der Waals surface area contributed by atoms with Crippen molar-refractivity contribution in [2.75, 3.05) is 13.1 Å². The molecule has 0 heterocycles. The highest BCUT2D eigenvalue weighted by Gasteiger charge is 2.07. The van der Waals surface area contributed by atoms with E-state index < -0.39 is 0 Å². The Hall–Kier alpha value is -0.830. The Balaban J connectivity index is 3.88. The molecule has 0 aliphatic rings. The third-order valence-electron chi connectivity index (χ3n) is 2.69. The second-order valence-electron chi connectivity index (χ2n) is 4.37. The lowest BCUT2D eigenvalue weighted by Gasteiger charge is -2.14. The molecule has 0 fully saturated rings. The van der Waals surface area contributed by atoms with Gasteiger partial charge in [-0.15, -0.1) is 0 Å². The molecule has 0 bridgehead atoms. The predicted octanol–water partition coefficient (Wildman–Crippen LogP) is 1.55. The van der Waals surface area contributed by atoms with Gasteiger partial charge in [-0.2, -0.15) is 0 Å². The topological polar surface area (TPSA) is 55.1 Å². The highest BCUT2D eigenvalue weighted by molar-refractivity contribution is 5.72. The summed E-state index contributed by atoms with van der Waals surface area (Å²) in [4.78, 5) is 10.7. The van der Waals surface area contributed by atoms with Crippen LogP contribution in [0.15, 0.2) is 12.2 Å². The molecule has 3 atom stereocenters. The van der Waals surface area contributed by atoms with Gasteiger partial charge < -0.3 is 11.1 Å². The largest absolute Gasteiger partial charge is 0.356 e. The summed E-state index contributed by atoms with van der Waals surface area (Å²) in [5, 5.41) is 2.80. The second-order valence-corrected chi connectivity index (χ2v) is 4.37. The van der Waals surface area contributed by atoms with E-state index in [2.05, 4.69) is 38.2 Å². The monoisotopic (exact) mass is 212 g/mol. The van der Waals surface area contributed by atoms with Crippen molar-refractivity contribution in [3.05, 3.63) is 12.2 Å². The minimum absolute atomic E-state index is 0.0265. The van der Waals surface area contributed by atoms with Crippen molar-refractivity contribution in [2.24, 2.45) is 23.5 Å². The number of amides is 1. The first-order chi connectivity index (χ1) is 6.97. The molecule has 15 heavy (non-hydrogen) atoms. The second kappa shape index (κ2) is 7.46. The van der Waals surface area contributed by atoms with Crippen molar-refractivity contribution < 1.29 is 4.79 Å². The summed E-state index contributed by atoms with van der Waals surface area (Å²) in [6.07, 6.45) is 4.33. The lowest BCUT2D eigenvalue weighted by molar-refractivity contribution is -0.119. The maximum Gasteiger partial charge on any atom is 0.216 e. The van der Waals surface area contributed by atoms with Gasteiger partial charge in [-0.1, -0.05) is 32.9 Å². The smallest absolute Gasteiger partial charge is 0.216 e. The summed E-state index contributed by atoms with van der Waals surface area (Å²) in [5.74, 6) is 1.41. The molecule has 0 saturated heterocycles. The first-order valence-corrected chi connectivity index (χ1v) is 5.60. The van der Waals surface area contributed by atoms with Crippen molar-refractivity contribution in [1.29, 1.82) is 0 Å². The van der Waals surface area contributed by atoms with E-state index in [1.165, 1.54) is 6.92 Å². The van der Waals surface area contributed by atoms with Crippen molar-refractivity contribution in [3.63, 3.8) is 0 Å². The fraction of sp³-hybridized carbons (Fsp3) is 0.750. The Labute approximate surface area is 93.1 Å². The number of hydrogen-bond donors (Lipinski definition) is 2. The predicted molar refractivity (Wildman–Crippen MR) is 64.4 cm³/mol. The molecule has 88 valence electrons. The Kier molecular flexibility index (Phi) is 7.05. The van der Waals surface area contributed by atoms with E-state index in [1.807, 2.05) is 0 Å². The third kappa shape index (κ3) is 7.14. The molecule has 0 radical (unpaired) electrons. The van der Waals surface area contributed by atoms with Gasteiger partial charge in [0.15, 0.2) is 0 Å². The van der Waals surface area contributed by atoms with Crippen molar-refractivity contribution in [3.8, 4) is 0 Å². The van der Waals surface area contributed by atoms with E-state index in [4.69, 9.17) is 5.73 Å². The molecular formula is C12H24N2O. The normalized spacial score (nSPS) is 17.4. The average Bonchev–Trinajstić information content (AvgIpc) is 2.21. The van der Waals surface area contributed by atoms with Crippen LogP contribution in [0.5, 0.6) is 0 Å². The molecule has 0 rings (SSSR count). The standard InChI is InChI=1S/C12H24N2O/c1-9(8-14-12(4)15)5-6-10(2)11(3)7-13/h5-6,9-11H,7-8,13H2,1-4H3,(H,14,15)/b6-5+/t9-,10+,11+/m0/s1. The lowest BCUT2D eigenvalue weighted by atomic mass is 9.94. The zero-order valence-electron chi connectivity index (χ0n) is 10.3. The molecule has 3 heteroatoms. The number of allylic oxidation sites excluding steroid dienone is 1. The molecule has 0 aromatic heterocycles. The van der Waals surface area contributed by atoms with Crippen molar-refractivity contribution in [2.45, 2.75) is 27.7 Å². The van der Waals surface area contributed by atoms with Gasteiger partial charge in [0, 0.05) is 13.5 Å². The third-order valence-corrected chi connectivity index (χ3v) is 2.69. The molecule has 0 saturated carbocycles. The fourth-order valence-electron chi connectivity index (χ4n) is 1.14. The molecule has 3 nitrogen and oxygen atoms in total. The molecular weight excluding hydrogens is 188 g/mol. The van der Waals surface area contributed by atoms with Gasteiger partial charge in [-0.3, -0.25) is 4.79 Å². The summed E-state index contributed by atoms with van der Waals surface area (Å²) >= 11 is 0. The van der Waals surface area contributed by atoms with Crippen LogP contribution >= 0.6 is 0 Å². The molecule has 0 aliphatic heterocycles. The molecule has 0 aromatic rings. The number of rotatable bonds is 6. The number of hydrogen-bond acceptors (Lipinski definition) is 2. The number of carbonyl (C=O) groups is 1. The van der Waals surface area contributed by atoms with Crippen LogP contribution in [0.2, 0.25) is 0 Å². The summed E-state index contributed by atoms with van der Waals surface area (Å²) in [5.41, 5.74) is 5.59. The Morgan fingerprint density at radius 1 is 1.33 bits per heavy atom. The molecule has 0 aromatic carbocycles. The van der Waals surface area contributed by atoms with E-state index in [0.717, 1.165) is 0 Å². The Bertz CT molecular complexity index is 214. The molecule has 0 spiro atoms. The summed E-state index contributed by atoms with van der Waals surface area (Å²) < 4.78 is 0. The van der Waals surface area contributed by atoms with Crippen LogP contribution in [0.25, 0.3) is 0 Å². The number of carbonyl (C=O) groups excluding carboxylic acids is 1. The van der Waals surface area contributed by atoms with Gasteiger partial charge in [0.2, 0.25) is 5.91 Å². The SMILES string of the molecule is CC(=O)NC[C@@H](C)/C=C/[C@@H](C)[C@H](C)CN. The van der Waals surface area contributed by atoms with Gasteiger partial charge in [0.05, 0.1) is 0 Å². The highest BCUT2D eigenvalue weighted by atomic mass is 16.1. The number of nitrogens with two attached hydrogens (primary N) is 1. The van der Waals surface area contributed by atoms with Gasteiger partial charge in [0.25, 0.3) is 0 Å². The Morgan fingerprint density at radius 3 is 2.40 bits per heavy atom. The van der Waals surface area contributed by atoms with Gasteiger partial charge >= 0.3 is 0 Å². The van der Waals surface area contributed by atoms with Gasteiger partial charge in [0.1, 0.15) is 0 Å². The minimum atomic E-state index is 0.0265. The van der Waals surface area contributed by atoms with Gasteiger partial charge in [-0.25, -0.2) is 0 Å². The van der Waals surface area contributed by atoms with E-state index in [1.54, 1.807) is 0 Å². The van der Waals surface area contributed by atoms with Crippen molar-refractivity contribution >= 4 is 5.91 Å². The van der Waals surface area contributed by atoms with E-state index >= 15 is 0 Å². The molecule has 1 amide bonds. The van der Waals surface area contributed by atoms with Crippen LogP contribution < -0.4 is 11.1 Å².